The molecule has 13 heteroatoms. The maximum atomic E-state index is 13.8. The van der Waals surface area contributed by atoms with Crippen molar-refractivity contribution in [3.8, 4) is 0 Å². The highest BCUT2D eigenvalue weighted by atomic mass is 31.2. The lowest BCUT2D eigenvalue weighted by Crippen LogP contribution is -2.57. The van der Waals surface area contributed by atoms with Gasteiger partial charge in [-0.05, 0) is 43.5 Å². The Labute approximate surface area is 239 Å². The van der Waals surface area contributed by atoms with Gasteiger partial charge in [-0.3, -0.25) is 23.7 Å². The molecule has 1 aliphatic rings. The van der Waals surface area contributed by atoms with Crippen LogP contribution in [0.2, 0.25) is 0 Å². The van der Waals surface area contributed by atoms with E-state index in [2.05, 4.69) is 16.0 Å². The minimum Gasteiger partial charge on any atom is -0.368 e. The van der Waals surface area contributed by atoms with Gasteiger partial charge < -0.3 is 36.4 Å². The summed E-state index contributed by atoms with van der Waals surface area (Å²) in [5.74, 6) is -2.03. The number of hydrogen-bond donors (Lipinski definition) is 6. The van der Waals surface area contributed by atoms with Crippen molar-refractivity contribution >= 4 is 31.2 Å². The number of amides is 4. The fraction of sp³-hybridized carbons (Fsp3) is 0.429. The first-order valence-electron chi connectivity index (χ1n) is 13.4. The van der Waals surface area contributed by atoms with E-state index >= 15 is 0 Å². The monoisotopic (exact) mass is 587 g/mol. The average molecular weight is 588 g/mol. The van der Waals surface area contributed by atoms with Crippen molar-refractivity contribution in [2.24, 2.45) is 5.73 Å². The van der Waals surface area contributed by atoms with Crippen LogP contribution in [-0.2, 0) is 42.7 Å². The predicted octanol–water partition coefficient (Wildman–Crippen LogP) is 0.203. The van der Waals surface area contributed by atoms with E-state index in [1.807, 2.05) is 30.3 Å². The van der Waals surface area contributed by atoms with Crippen LogP contribution in [0.25, 0.3) is 0 Å². The van der Waals surface area contributed by atoms with Gasteiger partial charge in [-0.25, -0.2) is 0 Å². The number of nitrogens with zero attached hydrogens (tertiary/aromatic N) is 1. The van der Waals surface area contributed by atoms with Gasteiger partial charge in [0.2, 0.25) is 23.6 Å². The maximum Gasteiger partial charge on any atom is 0.329 e. The molecule has 7 N–H and O–H groups in total. The molecule has 1 heterocycles. The Hall–Kier alpha value is -3.57. The highest BCUT2D eigenvalue weighted by Gasteiger charge is 2.39. The molecule has 4 atom stereocenters. The van der Waals surface area contributed by atoms with Crippen LogP contribution >= 0.6 is 7.60 Å². The quantitative estimate of drug-likeness (QED) is 0.179. The van der Waals surface area contributed by atoms with Crippen LogP contribution < -0.4 is 21.7 Å². The van der Waals surface area contributed by atoms with Crippen LogP contribution in [-0.4, -0.2) is 76.1 Å². The van der Waals surface area contributed by atoms with Crippen molar-refractivity contribution in [2.75, 3.05) is 13.6 Å². The lowest BCUT2D eigenvalue weighted by molar-refractivity contribution is -0.142. The molecule has 0 unspecified atom stereocenters. The zero-order valence-electron chi connectivity index (χ0n) is 23.2. The van der Waals surface area contributed by atoms with Crippen LogP contribution in [0.15, 0.2) is 54.6 Å². The van der Waals surface area contributed by atoms with Gasteiger partial charge >= 0.3 is 7.60 Å². The summed E-state index contributed by atoms with van der Waals surface area (Å²) >= 11 is 0. The van der Waals surface area contributed by atoms with Crippen molar-refractivity contribution in [3.63, 3.8) is 0 Å². The van der Waals surface area contributed by atoms with E-state index in [-0.39, 0.29) is 12.8 Å². The van der Waals surface area contributed by atoms with E-state index in [1.54, 1.807) is 38.2 Å². The minimum atomic E-state index is -4.24. The largest absolute Gasteiger partial charge is 0.368 e. The van der Waals surface area contributed by atoms with Gasteiger partial charge in [0.1, 0.15) is 18.1 Å². The summed E-state index contributed by atoms with van der Waals surface area (Å²) < 4.78 is 11.3. The van der Waals surface area contributed by atoms with Crippen molar-refractivity contribution in [1.29, 1.82) is 0 Å². The molecule has 4 amide bonds. The third kappa shape index (κ3) is 9.50. The predicted molar refractivity (Wildman–Crippen MR) is 152 cm³/mol. The molecule has 41 heavy (non-hydrogen) atoms. The molecule has 1 saturated heterocycles. The maximum absolute atomic E-state index is 13.8. The number of nitrogens with one attached hydrogen (secondary N) is 3. The Morgan fingerprint density at radius 1 is 0.951 bits per heavy atom. The summed E-state index contributed by atoms with van der Waals surface area (Å²) in [6.07, 6.45) is 0.849. The number of carbonyl (C=O) groups is 4. The zero-order chi connectivity index (χ0) is 30.2. The molecular weight excluding hydrogens is 549 g/mol. The number of benzene rings is 2. The molecule has 2 aromatic rings. The highest BCUT2D eigenvalue weighted by molar-refractivity contribution is 7.50. The van der Waals surface area contributed by atoms with Crippen molar-refractivity contribution in [2.45, 2.75) is 62.9 Å². The van der Waals surface area contributed by atoms with Gasteiger partial charge in [-0.1, -0.05) is 54.6 Å². The molecule has 222 valence electrons. The van der Waals surface area contributed by atoms with E-state index in [0.29, 0.717) is 30.5 Å². The van der Waals surface area contributed by atoms with Crippen molar-refractivity contribution in [1.82, 2.24) is 20.9 Å². The summed E-state index contributed by atoms with van der Waals surface area (Å²) in [4.78, 5) is 71.9. The summed E-state index contributed by atoms with van der Waals surface area (Å²) in [5.41, 5.74) is 7.49. The van der Waals surface area contributed by atoms with Crippen molar-refractivity contribution < 1.29 is 33.5 Å². The second-order valence-electron chi connectivity index (χ2n) is 10.3. The Kier molecular flexibility index (Phi) is 11.2. The molecule has 1 fully saturated rings. The molecule has 0 bridgehead atoms. The van der Waals surface area contributed by atoms with E-state index < -0.39 is 61.6 Å². The second-order valence-corrected chi connectivity index (χ2v) is 11.9. The molecule has 0 spiro atoms. The van der Waals surface area contributed by atoms with Crippen LogP contribution in [0.3, 0.4) is 0 Å². The van der Waals surface area contributed by atoms with Crippen molar-refractivity contribution in [3.05, 3.63) is 71.3 Å². The first-order chi connectivity index (χ1) is 19.4. The van der Waals surface area contributed by atoms with Crippen LogP contribution in [0.4, 0.5) is 0 Å². The summed E-state index contributed by atoms with van der Waals surface area (Å²) in [5, 5.41) is 8.31. The standard InChI is InChI=1S/C28H38N5O7P/c1-18(30-2)26(35)32-23(16-20-10-12-21(13-11-20)17-41(38,39)40)28(37)33-14-6-9-24(33)27(36)31-22(25(29)34)15-19-7-4-3-5-8-19/h3-5,7-8,10-13,18,22-24,30H,6,9,14-17H2,1-2H3,(H2,29,34)(H,31,36)(H,32,35)(H2,38,39,40)/t18-,22-,23-,24-/m0/s1. The first-order valence-corrected chi connectivity index (χ1v) is 15.2. The molecule has 1 aliphatic heterocycles. The number of nitrogens with two attached hydrogens (primary N) is 1. The molecule has 2 aromatic carbocycles. The Bertz CT molecular complexity index is 1270. The van der Waals surface area contributed by atoms with E-state index in [1.165, 1.54) is 4.90 Å². The van der Waals surface area contributed by atoms with E-state index in [0.717, 1.165) is 5.56 Å². The van der Waals surface area contributed by atoms with Gasteiger partial charge in [-0.15, -0.1) is 0 Å². The van der Waals surface area contributed by atoms with Gasteiger partial charge in [0, 0.05) is 19.4 Å². The molecule has 0 aromatic heterocycles. The average Bonchev–Trinajstić information content (AvgIpc) is 3.42. The number of carbonyl (C=O) groups excluding carboxylic acids is 4. The normalized spacial score (nSPS) is 17.4. The van der Waals surface area contributed by atoms with Gasteiger partial charge in [0.25, 0.3) is 0 Å². The number of likely N-dealkylation sites (N-methyl/N-ethyl adjacent to an activating group) is 1. The smallest absolute Gasteiger partial charge is 0.329 e. The van der Waals surface area contributed by atoms with Crippen LogP contribution in [0, 0.1) is 0 Å². The molecule has 12 nitrogen and oxygen atoms in total. The SMILES string of the molecule is CN[C@@H](C)C(=O)N[C@@H](Cc1ccc(CP(=O)(O)O)cc1)C(=O)N1CCC[C@H]1C(=O)N[C@@H](Cc1ccccc1)C(N)=O. The fourth-order valence-corrected chi connectivity index (χ4v) is 5.41. The molecule has 3 rings (SSSR count). The van der Waals surface area contributed by atoms with E-state index in [4.69, 9.17) is 5.73 Å². The third-order valence-electron chi connectivity index (χ3n) is 7.07. The van der Waals surface area contributed by atoms with Gasteiger partial charge in [0.15, 0.2) is 0 Å². The summed E-state index contributed by atoms with van der Waals surface area (Å²) in [7, 11) is -2.62. The minimum absolute atomic E-state index is 0.0972. The number of rotatable bonds is 13. The summed E-state index contributed by atoms with van der Waals surface area (Å²) in [6, 6.07) is 12.2. The Morgan fingerprint density at radius 2 is 1.54 bits per heavy atom. The lowest BCUT2D eigenvalue weighted by atomic mass is 10.0. The lowest BCUT2D eigenvalue weighted by Gasteiger charge is -2.30. The fourth-order valence-electron chi connectivity index (χ4n) is 4.73. The van der Waals surface area contributed by atoms with Crippen LogP contribution in [0.5, 0.6) is 0 Å². The summed E-state index contributed by atoms with van der Waals surface area (Å²) in [6.45, 7) is 1.95. The second kappa shape index (κ2) is 14.4. The Morgan fingerprint density at radius 3 is 2.12 bits per heavy atom. The number of hydrogen-bond acceptors (Lipinski definition) is 6. The highest BCUT2D eigenvalue weighted by Crippen LogP contribution is 2.39. The number of primary amides is 1. The molecular formula is C28H38N5O7P. The van der Waals surface area contributed by atoms with E-state index in [9.17, 15) is 33.5 Å². The molecule has 0 aliphatic carbocycles. The molecule has 0 saturated carbocycles. The topological polar surface area (TPSA) is 191 Å². The first kappa shape index (κ1) is 32.0. The third-order valence-corrected chi connectivity index (χ3v) is 7.85. The van der Waals surface area contributed by atoms with Crippen LogP contribution in [0.1, 0.15) is 36.5 Å². The van der Waals surface area contributed by atoms with Gasteiger partial charge in [0.05, 0.1) is 12.2 Å². The number of likely N-dealkylation sites (tertiary alicyclic amines) is 1. The Balaban J connectivity index is 1.77. The van der Waals surface area contributed by atoms with Gasteiger partial charge in [-0.2, -0.15) is 0 Å². The molecule has 0 radical (unpaired) electrons. The zero-order valence-corrected chi connectivity index (χ0v) is 24.1.